The van der Waals surface area contributed by atoms with Crippen LogP contribution in [0.4, 0.5) is 0 Å². The summed E-state index contributed by atoms with van der Waals surface area (Å²) < 4.78 is 7.07. The van der Waals surface area contributed by atoms with Gasteiger partial charge in [-0.25, -0.2) is 4.68 Å². The Balaban J connectivity index is 2.48. The van der Waals surface area contributed by atoms with Crippen LogP contribution in [0.1, 0.15) is 40.3 Å². The summed E-state index contributed by atoms with van der Waals surface area (Å²) in [5.41, 5.74) is -0.270. The normalized spacial score (nSPS) is 13.1. The first-order valence-electron chi connectivity index (χ1n) is 5.39. The summed E-state index contributed by atoms with van der Waals surface area (Å²) in [4.78, 5) is 0. The van der Waals surface area contributed by atoms with Gasteiger partial charge in [0.25, 0.3) is 0 Å². The molecule has 0 saturated carbocycles. The molecule has 0 atom stereocenters. The summed E-state index contributed by atoms with van der Waals surface area (Å²) in [6.07, 6.45) is 1.70. The topological polar surface area (TPSA) is 60.2 Å². The van der Waals surface area contributed by atoms with Crippen molar-refractivity contribution in [2.45, 2.75) is 47.0 Å². The second-order valence-corrected chi connectivity index (χ2v) is 5.74. The van der Waals surface area contributed by atoms with E-state index in [2.05, 4.69) is 31.1 Å². The van der Waals surface area contributed by atoms with Crippen molar-refractivity contribution in [3.63, 3.8) is 0 Å². The molecule has 0 bridgehead atoms. The summed E-state index contributed by atoms with van der Waals surface area (Å²) in [7, 11) is 0. The molecule has 0 spiro atoms. The van der Waals surface area contributed by atoms with E-state index >= 15 is 0 Å². The third-order valence-electron chi connectivity index (χ3n) is 1.92. The van der Waals surface area contributed by atoms with E-state index in [0.29, 0.717) is 19.0 Å². The fourth-order valence-corrected chi connectivity index (χ4v) is 1.09. The van der Waals surface area contributed by atoms with Gasteiger partial charge >= 0.3 is 0 Å². The van der Waals surface area contributed by atoms with Gasteiger partial charge in [-0.1, -0.05) is 26.0 Å². The molecule has 5 heteroatoms. The van der Waals surface area contributed by atoms with Crippen LogP contribution < -0.4 is 0 Å². The molecule has 0 aliphatic heterocycles. The van der Waals surface area contributed by atoms with Crippen molar-refractivity contribution in [2.24, 2.45) is 5.41 Å². The molecule has 1 rings (SSSR count). The zero-order valence-electron chi connectivity index (χ0n) is 10.7. The summed E-state index contributed by atoms with van der Waals surface area (Å²) >= 11 is 0. The summed E-state index contributed by atoms with van der Waals surface area (Å²) in [5, 5.41) is 17.5. The Kier molecular flexibility index (Phi) is 3.70. The lowest BCUT2D eigenvalue weighted by atomic mass is 9.99. The highest BCUT2D eigenvalue weighted by Gasteiger charge is 2.20. The quantitative estimate of drug-likeness (QED) is 0.847. The van der Waals surface area contributed by atoms with Crippen molar-refractivity contribution in [3.05, 3.63) is 11.9 Å². The van der Waals surface area contributed by atoms with Crippen LogP contribution in [0.15, 0.2) is 6.20 Å². The van der Waals surface area contributed by atoms with E-state index in [1.165, 1.54) is 0 Å². The lowest BCUT2D eigenvalue weighted by Gasteiger charge is -2.17. The molecule has 0 unspecified atom stereocenters. The van der Waals surface area contributed by atoms with Crippen molar-refractivity contribution in [1.29, 1.82) is 0 Å². The Labute approximate surface area is 96.4 Å². The largest absolute Gasteiger partial charge is 0.384 e. The van der Waals surface area contributed by atoms with Crippen molar-refractivity contribution >= 4 is 0 Å². The maximum atomic E-state index is 9.70. The van der Waals surface area contributed by atoms with E-state index < -0.39 is 5.60 Å². The predicted molar refractivity (Wildman–Crippen MR) is 60.7 cm³/mol. The van der Waals surface area contributed by atoms with Crippen molar-refractivity contribution in [1.82, 2.24) is 15.0 Å². The molecule has 0 radical (unpaired) electrons. The fraction of sp³-hybridized carbons (Fsp3) is 0.818. The molecule has 1 heterocycles. The van der Waals surface area contributed by atoms with E-state index in [0.717, 1.165) is 0 Å². The zero-order valence-corrected chi connectivity index (χ0v) is 10.7. The van der Waals surface area contributed by atoms with Crippen LogP contribution in [0.3, 0.4) is 0 Å². The van der Waals surface area contributed by atoms with Gasteiger partial charge in [-0.05, 0) is 19.3 Å². The highest BCUT2D eigenvalue weighted by atomic mass is 16.5. The van der Waals surface area contributed by atoms with Gasteiger partial charge < -0.3 is 9.84 Å². The number of nitrogens with zero attached hydrogens (tertiary/aromatic N) is 3. The van der Waals surface area contributed by atoms with Gasteiger partial charge in [0.1, 0.15) is 18.0 Å². The third kappa shape index (κ3) is 4.28. The average Bonchev–Trinajstić information content (AvgIpc) is 2.49. The second kappa shape index (κ2) is 4.51. The highest BCUT2D eigenvalue weighted by Crippen LogP contribution is 2.16. The van der Waals surface area contributed by atoms with E-state index in [-0.39, 0.29) is 5.41 Å². The average molecular weight is 227 g/mol. The number of aliphatic hydroxyl groups is 1. The molecule has 1 aromatic rings. The number of aromatic nitrogens is 3. The van der Waals surface area contributed by atoms with Gasteiger partial charge in [0.05, 0.1) is 12.8 Å². The van der Waals surface area contributed by atoms with Gasteiger partial charge in [-0.15, -0.1) is 5.10 Å². The summed E-state index contributed by atoms with van der Waals surface area (Å²) in [6, 6.07) is 0. The van der Waals surface area contributed by atoms with Crippen molar-refractivity contribution < 1.29 is 9.84 Å². The molecule has 0 aromatic carbocycles. The van der Waals surface area contributed by atoms with Gasteiger partial charge in [0.2, 0.25) is 0 Å². The maximum absolute atomic E-state index is 9.70. The van der Waals surface area contributed by atoms with Crippen LogP contribution in [0, 0.1) is 5.41 Å². The Hall–Kier alpha value is -0.940. The predicted octanol–water partition coefficient (Wildman–Crippen LogP) is 1.53. The minimum Gasteiger partial charge on any atom is -0.384 e. The van der Waals surface area contributed by atoms with E-state index in [1.807, 2.05) is 0 Å². The van der Waals surface area contributed by atoms with Crippen LogP contribution in [-0.4, -0.2) is 26.7 Å². The molecule has 16 heavy (non-hydrogen) atoms. The minimum atomic E-state index is -0.956. The first kappa shape index (κ1) is 13.1. The van der Waals surface area contributed by atoms with E-state index in [9.17, 15) is 5.11 Å². The van der Waals surface area contributed by atoms with Gasteiger partial charge in [0.15, 0.2) is 0 Å². The second-order valence-electron chi connectivity index (χ2n) is 5.74. The summed E-state index contributed by atoms with van der Waals surface area (Å²) in [6.45, 7) is 10.7. The Bertz CT molecular complexity index is 334. The lowest BCUT2D eigenvalue weighted by molar-refractivity contribution is 0.0205. The molecule has 0 saturated heterocycles. The summed E-state index contributed by atoms with van der Waals surface area (Å²) in [5.74, 6) is 0. The first-order chi connectivity index (χ1) is 7.18. The van der Waals surface area contributed by atoms with Gasteiger partial charge in [-0.2, -0.15) is 0 Å². The molecule has 1 aromatic heterocycles. The molecule has 1 N–H and O–H groups in total. The van der Waals surface area contributed by atoms with Crippen LogP contribution in [-0.2, 0) is 17.1 Å². The number of hydrogen-bond acceptors (Lipinski definition) is 4. The molecule has 0 aliphatic rings. The standard InChI is InChI=1S/C11H21N3O2/c1-10(2,3)7-16-8-14-6-9(12-13-14)11(4,5)15/h6,15H,7-8H2,1-5H3. The molecule has 0 aliphatic carbocycles. The maximum Gasteiger partial charge on any atom is 0.141 e. The molecule has 5 nitrogen and oxygen atoms in total. The van der Waals surface area contributed by atoms with E-state index in [1.54, 1.807) is 24.7 Å². The monoisotopic (exact) mass is 227 g/mol. The Morgan fingerprint density at radius 2 is 1.94 bits per heavy atom. The SMILES string of the molecule is CC(C)(C)COCn1cc(C(C)(C)O)nn1. The van der Waals surface area contributed by atoms with Crippen LogP contribution >= 0.6 is 0 Å². The fourth-order valence-electron chi connectivity index (χ4n) is 1.09. The number of ether oxygens (including phenoxy) is 1. The van der Waals surface area contributed by atoms with Crippen molar-refractivity contribution in [2.75, 3.05) is 6.61 Å². The molecular weight excluding hydrogens is 206 g/mol. The molecule has 0 fully saturated rings. The van der Waals surface area contributed by atoms with Gasteiger partial charge in [-0.3, -0.25) is 0 Å². The number of hydrogen-bond donors (Lipinski definition) is 1. The van der Waals surface area contributed by atoms with Crippen LogP contribution in [0.5, 0.6) is 0 Å². The minimum absolute atomic E-state index is 0.139. The Morgan fingerprint density at radius 3 is 2.38 bits per heavy atom. The lowest BCUT2D eigenvalue weighted by Crippen LogP contribution is -2.17. The highest BCUT2D eigenvalue weighted by molar-refractivity contribution is 5.02. The van der Waals surface area contributed by atoms with E-state index in [4.69, 9.17) is 4.74 Å². The van der Waals surface area contributed by atoms with Crippen LogP contribution in [0.25, 0.3) is 0 Å². The third-order valence-corrected chi connectivity index (χ3v) is 1.92. The zero-order chi connectivity index (χ0) is 12.4. The smallest absolute Gasteiger partial charge is 0.141 e. The van der Waals surface area contributed by atoms with Crippen LogP contribution in [0.2, 0.25) is 0 Å². The molecule has 92 valence electrons. The first-order valence-corrected chi connectivity index (χ1v) is 5.39. The molecular formula is C11H21N3O2. The molecule has 0 amide bonds. The number of rotatable bonds is 4. The Morgan fingerprint density at radius 1 is 1.31 bits per heavy atom. The van der Waals surface area contributed by atoms with Gasteiger partial charge in [0, 0.05) is 0 Å². The van der Waals surface area contributed by atoms with Crippen molar-refractivity contribution in [3.8, 4) is 0 Å².